The van der Waals surface area contributed by atoms with Crippen LogP contribution in [0, 0.1) is 5.92 Å². The molecule has 1 aromatic carbocycles. The average Bonchev–Trinajstić information content (AvgIpc) is 3.17. The second-order valence-corrected chi connectivity index (χ2v) is 8.35. The van der Waals surface area contributed by atoms with E-state index in [-0.39, 0.29) is 12.0 Å². The number of aliphatic hydroxyl groups is 1. The van der Waals surface area contributed by atoms with Crippen molar-refractivity contribution in [2.24, 2.45) is 5.92 Å². The van der Waals surface area contributed by atoms with Crippen LogP contribution in [0.25, 0.3) is 0 Å². The summed E-state index contributed by atoms with van der Waals surface area (Å²) < 4.78 is 6.62. The fourth-order valence-corrected chi connectivity index (χ4v) is 4.26. The van der Waals surface area contributed by atoms with Crippen LogP contribution in [-0.4, -0.2) is 48.8 Å². The van der Waals surface area contributed by atoms with E-state index >= 15 is 0 Å². The molecule has 1 aromatic rings. The molecule has 0 unspecified atom stereocenters. The summed E-state index contributed by atoms with van der Waals surface area (Å²) in [6.07, 6.45) is 4.51. The Balaban J connectivity index is 1.84. The van der Waals surface area contributed by atoms with Gasteiger partial charge in [0, 0.05) is 17.4 Å². The van der Waals surface area contributed by atoms with Crippen molar-refractivity contribution in [3.8, 4) is 0 Å². The van der Waals surface area contributed by atoms with E-state index in [0.717, 1.165) is 49.7 Å². The minimum Gasteiger partial charge on any atom is -0.454 e. The third-order valence-electron chi connectivity index (χ3n) is 5.57. The molecule has 3 rings (SSSR count). The molecule has 1 saturated heterocycles. The predicted octanol–water partition coefficient (Wildman–Crippen LogP) is 3.11. The molecule has 0 spiro atoms. The van der Waals surface area contributed by atoms with E-state index in [9.17, 15) is 9.90 Å². The van der Waals surface area contributed by atoms with Gasteiger partial charge in [0.15, 0.2) is 11.7 Å². The summed E-state index contributed by atoms with van der Waals surface area (Å²) >= 11 is 5.97. The van der Waals surface area contributed by atoms with Gasteiger partial charge in [0.05, 0.1) is 20.6 Å². The summed E-state index contributed by atoms with van der Waals surface area (Å²) in [7, 11) is 4.27. The molecular weight excluding hydrogens is 326 g/mol. The SMILES string of the molecule is C[N+]1(C)CC[C@@H](OC(=O)[C@@](O)(c2ccc(Cl)cc2)C2CCCC2)C1. The number of nitrogens with zero attached hydrogens (tertiary/aromatic N) is 1. The summed E-state index contributed by atoms with van der Waals surface area (Å²) in [5.74, 6) is -0.585. The first-order valence-electron chi connectivity index (χ1n) is 8.83. The predicted molar refractivity (Wildman–Crippen MR) is 93.6 cm³/mol. The molecule has 0 radical (unpaired) electrons. The van der Waals surface area contributed by atoms with Crippen molar-refractivity contribution < 1.29 is 19.1 Å². The number of likely N-dealkylation sites (tertiary alicyclic amines) is 1. The first kappa shape index (κ1) is 17.7. The first-order chi connectivity index (χ1) is 11.3. The van der Waals surface area contributed by atoms with E-state index in [1.807, 2.05) is 0 Å². The minimum atomic E-state index is -1.57. The lowest BCUT2D eigenvalue weighted by atomic mass is 9.80. The number of carbonyl (C=O) groups is 1. The lowest BCUT2D eigenvalue weighted by Gasteiger charge is -2.33. The van der Waals surface area contributed by atoms with Gasteiger partial charge in [-0.15, -0.1) is 0 Å². The smallest absolute Gasteiger partial charge is 0.343 e. The van der Waals surface area contributed by atoms with Crippen LogP contribution >= 0.6 is 11.6 Å². The summed E-state index contributed by atoms with van der Waals surface area (Å²) in [6.45, 7) is 1.79. The van der Waals surface area contributed by atoms with Gasteiger partial charge < -0.3 is 14.3 Å². The van der Waals surface area contributed by atoms with Gasteiger partial charge in [0.25, 0.3) is 0 Å². The van der Waals surface area contributed by atoms with E-state index in [1.165, 1.54) is 0 Å². The highest BCUT2D eigenvalue weighted by Crippen LogP contribution is 2.42. The topological polar surface area (TPSA) is 46.5 Å². The summed E-state index contributed by atoms with van der Waals surface area (Å²) in [6, 6.07) is 6.94. The average molecular weight is 353 g/mol. The van der Waals surface area contributed by atoms with Crippen LogP contribution in [0.5, 0.6) is 0 Å². The van der Waals surface area contributed by atoms with Gasteiger partial charge in [-0.3, -0.25) is 0 Å². The van der Waals surface area contributed by atoms with Gasteiger partial charge in [-0.25, -0.2) is 4.79 Å². The molecule has 132 valence electrons. The van der Waals surface area contributed by atoms with Gasteiger partial charge in [-0.2, -0.15) is 0 Å². The van der Waals surface area contributed by atoms with Crippen LogP contribution < -0.4 is 0 Å². The Morgan fingerprint density at radius 1 is 1.21 bits per heavy atom. The van der Waals surface area contributed by atoms with Crippen LogP contribution in [0.4, 0.5) is 0 Å². The Labute approximate surface area is 149 Å². The zero-order chi connectivity index (χ0) is 17.4. The number of likely N-dealkylation sites (N-methyl/N-ethyl adjacent to an activating group) is 1. The van der Waals surface area contributed by atoms with E-state index in [0.29, 0.717) is 10.6 Å². The van der Waals surface area contributed by atoms with Crippen LogP contribution in [0.2, 0.25) is 5.02 Å². The summed E-state index contributed by atoms with van der Waals surface area (Å²) in [5, 5.41) is 12.0. The third-order valence-corrected chi connectivity index (χ3v) is 5.82. The van der Waals surface area contributed by atoms with E-state index in [1.54, 1.807) is 24.3 Å². The van der Waals surface area contributed by atoms with Gasteiger partial charge >= 0.3 is 5.97 Å². The molecule has 0 amide bonds. The fraction of sp³-hybridized carbons (Fsp3) is 0.632. The molecule has 0 aromatic heterocycles. The maximum Gasteiger partial charge on any atom is 0.343 e. The van der Waals surface area contributed by atoms with Crippen LogP contribution in [0.3, 0.4) is 0 Å². The number of carbonyl (C=O) groups excluding carboxylic acids is 1. The highest BCUT2D eigenvalue weighted by molar-refractivity contribution is 6.30. The molecule has 1 saturated carbocycles. The number of hydrogen-bond donors (Lipinski definition) is 1. The van der Waals surface area contributed by atoms with Crippen molar-refractivity contribution in [3.63, 3.8) is 0 Å². The van der Waals surface area contributed by atoms with Crippen LogP contribution in [0.15, 0.2) is 24.3 Å². The highest BCUT2D eigenvalue weighted by atomic mass is 35.5. The lowest BCUT2D eigenvalue weighted by Crippen LogP contribution is -2.46. The summed E-state index contributed by atoms with van der Waals surface area (Å²) in [5.41, 5.74) is -0.976. The van der Waals surface area contributed by atoms with Crippen LogP contribution in [-0.2, 0) is 15.1 Å². The quantitative estimate of drug-likeness (QED) is 0.669. The van der Waals surface area contributed by atoms with Crippen molar-refractivity contribution in [1.29, 1.82) is 0 Å². The van der Waals surface area contributed by atoms with Gasteiger partial charge in [0.1, 0.15) is 6.54 Å². The Kier molecular flexibility index (Phi) is 4.92. The molecule has 1 heterocycles. The molecule has 0 bridgehead atoms. The number of hydrogen-bond acceptors (Lipinski definition) is 3. The number of ether oxygens (including phenoxy) is 1. The normalized spacial score (nSPS) is 26.2. The maximum absolute atomic E-state index is 13.0. The molecular formula is C19H27ClNO3+. The molecule has 1 aliphatic carbocycles. The molecule has 24 heavy (non-hydrogen) atoms. The number of esters is 1. The standard InChI is InChI=1S/C19H27ClNO3/c1-21(2)12-11-17(13-21)24-18(22)19(23,14-5-3-4-6-14)15-7-9-16(20)10-8-15/h7-10,14,17,23H,3-6,11-13H2,1-2H3/q+1/t17-,19+/m1/s1. The Bertz CT molecular complexity index is 595. The van der Waals surface area contributed by atoms with Crippen molar-refractivity contribution in [1.82, 2.24) is 0 Å². The van der Waals surface area contributed by atoms with Gasteiger partial charge in [-0.05, 0) is 30.5 Å². The molecule has 2 aliphatic rings. The fourth-order valence-electron chi connectivity index (χ4n) is 4.13. The molecule has 2 atom stereocenters. The maximum atomic E-state index is 13.0. The number of rotatable bonds is 4. The van der Waals surface area contributed by atoms with Gasteiger partial charge in [0.2, 0.25) is 0 Å². The Morgan fingerprint density at radius 2 is 1.83 bits per heavy atom. The molecule has 1 N–H and O–H groups in total. The third kappa shape index (κ3) is 3.46. The van der Waals surface area contributed by atoms with E-state index < -0.39 is 11.6 Å². The van der Waals surface area contributed by atoms with Crippen molar-refractivity contribution in [2.75, 3.05) is 27.2 Å². The van der Waals surface area contributed by atoms with Gasteiger partial charge in [-0.1, -0.05) is 36.6 Å². The first-order valence-corrected chi connectivity index (χ1v) is 9.20. The van der Waals surface area contributed by atoms with E-state index in [2.05, 4.69) is 14.1 Å². The van der Waals surface area contributed by atoms with Crippen molar-refractivity contribution in [3.05, 3.63) is 34.9 Å². The minimum absolute atomic E-state index is 0.0879. The number of benzene rings is 1. The van der Waals surface area contributed by atoms with Crippen molar-refractivity contribution >= 4 is 17.6 Å². The zero-order valence-corrected chi connectivity index (χ0v) is 15.3. The monoisotopic (exact) mass is 352 g/mol. The number of halogens is 1. The highest BCUT2D eigenvalue weighted by Gasteiger charge is 2.49. The second kappa shape index (κ2) is 6.66. The summed E-state index contributed by atoms with van der Waals surface area (Å²) in [4.78, 5) is 13.0. The molecule has 4 nitrogen and oxygen atoms in total. The molecule has 1 aliphatic heterocycles. The Hall–Kier alpha value is -1.10. The lowest BCUT2D eigenvalue weighted by molar-refractivity contribution is -0.879. The number of quaternary nitrogens is 1. The zero-order valence-electron chi connectivity index (χ0n) is 14.5. The van der Waals surface area contributed by atoms with E-state index in [4.69, 9.17) is 16.3 Å². The van der Waals surface area contributed by atoms with Crippen molar-refractivity contribution in [2.45, 2.75) is 43.8 Å². The molecule has 5 heteroatoms. The molecule has 2 fully saturated rings. The largest absolute Gasteiger partial charge is 0.454 e. The van der Waals surface area contributed by atoms with Crippen LogP contribution in [0.1, 0.15) is 37.7 Å². The second-order valence-electron chi connectivity index (χ2n) is 7.91. The Morgan fingerprint density at radius 3 is 2.38 bits per heavy atom.